The smallest absolute Gasteiger partial charge is 0.149 e. The van der Waals surface area contributed by atoms with Crippen LogP contribution in [0.3, 0.4) is 0 Å². The molecule has 188 valence electrons. The van der Waals surface area contributed by atoms with Crippen molar-refractivity contribution in [2.24, 2.45) is 21.9 Å². The molecule has 3 N–H and O–H groups in total. The summed E-state index contributed by atoms with van der Waals surface area (Å²) in [5.41, 5.74) is 4.34. The minimum Gasteiger partial charge on any atom is -0.375 e. The predicted molar refractivity (Wildman–Crippen MR) is 142 cm³/mol. The van der Waals surface area contributed by atoms with E-state index < -0.39 is 5.54 Å². The molecule has 0 radical (unpaired) electrons. The zero-order valence-corrected chi connectivity index (χ0v) is 20.9. The molecule has 35 heavy (non-hydrogen) atoms. The number of piperidine rings is 1. The van der Waals surface area contributed by atoms with E-state index in [1.807, 2.05) is 12.4 Å². The topological polar surface area (TPSA) is 101 Å². The van der Waals surface area contributed by atoms with E-state index in [0.29, 0.717) is 36.8 Å². The number of nitrogens with two attached hydrogens (primary N) is 1. The van der Waals surface area contributed by atoms with Gasteiger partial charge in [-0.2, -0.15) is 5.10 Å². The Labute approximate surface area is 209 Å². The molecule has 4 heterocycles. The fourth-order valence-electron chi connectivity index (χ4n) is 4.82. The Morgan fingerprint density at radius 3 is 2.80 bits per heavy atom. The van der Waals surface area contributed by atoms with Crippen LogP contribution in [0.25, 0.3) is 0 Å². The molecule has 2 aliphatic heterocycles. The summed E-state index contributed by atoms with van der Waals surface area (Å²) >= 11 is 0. The molecule has 2 aromatic heterocycles. The lowest BCUT2D eigenvalue weighted by molar-refractivity contribution is -0.0570. The van der Waals surface area contributed by atoms with Crippen LogP contribution in [-0.4, -0.2) is 60.8 Å². The maximum Gasteiger partial charge on any atom is 0.149 e. The van der Waals surface area contributed by atoms with Crippen LogP contribution in [0.2, 0.25) is 0 Å². The van der Waals surface area contributed by atoms with Crippen molar-refractivity contribution < 1.29 is 6.16 Å². The molecule has 2 saturated heterocycles. The van der Waals surface area contributed by atoms with Crippen molar-refractivity contribution in [3.8, 4) is 0 Å². The Hall–Kier alpha value is -2.84. The van der Waals surface area contributed by atoms with Gasteiger partial charge in [0, 0.05) is 38.5 Å². The first-order valence-electron chi connectivity index (χ1n) is 12.9. The highest BCUT2D eigenvalue weighted by atomic mass is 16.5. The first-order chi connectivity index (χ1) is 17.1. The van der Waals surface area contributed by atoms with Gasteiger partial charge in [0.05, 0.1) is 37.0 Å². The number of anilines is 1. The summed E-state index contributed by atoms with van der Waals surface area (Å²) in [6.07, 6.45) is 12.3. The van der Waals surface area contributed by atoms with Crippen molar-refractivity contribution in [2.45, 2.75) is 57.0 Å². The summed E-state index contributed by atoms with van der Waals surface area (Å²) in [5.74, 6) is 7.02. The van der Waals surface area contributed by atoms with Gasteiger partial charge in [0.15, 0.2) is 0 Å². The number of hydrogen-bond donors (Lipinski definition) is 2. The zero-order valence-electron chi connectivity index (χ0n) is 20.9. The van der Waals surface area contributed by atoms with Gasteiger partial charge >= 0.3 is 0 Å². The number of pyridine rings is 2. The quantitative estimate of drug-likeness (QED) is 0.326. The van der Waals surface area contributed by atoms with Crippen LogP contribution in [0.5, 0.6) is 0 Å². The first-order valence-corrected chi connectivity index (χ1v) is 12.9. The van der Waals surface area contributed by atoms with E-state index >= 15 is 0 Å². The van der Waals surface area contributed by atoms with E-state index in [-0.39, 0.29) is 1.43 Å². The van der Waals surface area contributed by atoms with Gasteiger partial charge < -0.3 is 20.8 Å². The lowest BCUT2D eigenvalue weighted by Crippen LogP contribution is -2.47. The average molecular weight is 478 g/mol. The van der Waals surface area contributed by atoms with Crippen LogP contribution in [-0.2, 0) is 10.3 Å². The molecule has 1 atom stereocenters. The lowest BCUT2D eigenvalue weighted by atomic mass is 9.93. The Kier molecular flexibility index (Phi) is 7.11. The highest BCUT2D eigenvalue weighted by Gasteiger charge is 2.41. The second kappa shape index (κ2) is 10.4. The summed E-state index contributed by atoms with van der Waals surface area (Å²) in [6.45, 7) is 8.65. The molecule has 8 nitrogen and oxygen atoms in total. The maximum atomic E-state index is 5.74. The van der Waals surface area contributed by atoms with E-state index in [4.69, 9.17) is 20.6 Å². The van der Waals surface area contributed by atoms with Crippen LogP contribution >= 0.6 is 0 Å². The maximum absolute atomic E-state index is 5.74. The lowest BCUT2D eigenvalue weighted by Gasteiger charge is -2.38. The van der Waals surface area contributed by atoms with Gasteiger partial charge in [-0.15, -0.1) is 0 Å². The Balaban J connectivity index is 0.00000304. The van der Waals surface area contributed by atoms with Crippen molar-refractivity contribution >= 4 is 17.6 Å². The normalized spacial score (nSPS) is 22.5. The molecule has 0 aromatic carbocycles. The Morgan fingerprint density at radius 2 is 2.14 bits per heavy atom. The summed E-state index contributed by atoms with van der Waals surface area (Å²) in [6, 6.07) is 6.92. The molecular formula is C27H39N7O. The standard InChI is InChI=1S/C27H37N7O.H2/c1-19(2)11-30-23-4-3-9-34(16-23)24-7-8-26(31-14-24)27(17-35-18-27)32-15-25(33-28)22-10-21(12-29-13-22)20-5-6-20;/h7-8,10,12-15,19-20,23,30H,3-6,9,11,16-18,28H2,1-2H3;1H/b32-15?,33-25+;/t23-;/m1./s1. The minimum atomic E-state index is -0.501. The van der Waals surface area contributed by atoms with E-state index in [1.165, 1.54) is 31.2 Å². The van der Waals surface area contributed by atoms with Gasteiger partial charge in [-0.25, -0.2) is 0 Å². The summed E-state index contributed by atoms with van der Waals surface area (Å²) < 4.78 is 5.57. The summed E-state index contributed by atoms with van der Waals surface area (Å²) in [7, 11) is 0. The Bertz CT molecular complexity index is 1060. The molecule has 0 amide bonds. The van der Waals surface area contributed by atoms with Gasteiger partial charge in [0.25, 0.3) is 0 Å². The molecule has 3 fully saturated rings. The number of hydrogen-bond acceptors (Lipinski definition) is 8. The van der Waals surface area contributed by atoms with Crippen LogP contribution in [0, 0.1) is 5.92 Å². The van der Waals surface area contributed by atoms with Crippen molar-refractivity contribution in [3.63, 3.8) is 0 Å². The van der Waals surface area contributed by atoms with E-state index in [9.17, 15) is 0 Å². The van der Waals surface area contributed by atoms with Crippen LogP contribution < -0.4 is 16.1 Å². The average Bonchev–Trinajstić information content (AvgIpc) is 3.71. The number of rotatable bonds is 9. The molecule has 8 heteroatoms. The highest BCUT2D eigenvalue weighted by molar-refractivity contribution is 6.38. The van der Waals surface area contributed by atoms with Gasteiger partial charge in [0.2, 0.25) is 0 Å². The number of hydrazone groups is 1. The van der Waals surface area contributed by atoms with Crippen molar-refractivity contribution in [2.75, 3.05) is 37.7 Å². The number of aromatic nitrogens is 2. The van der Waals surface area contributed by atoms with Gasteiger partial charge in [-0.1, -0.05) is 13.8 Å². The molecule has 0 spiro atoms. The molecule has 1 aliphatic carbocycles. The largest absolute Gasteiger partial charge is 0.375 e. The molecule has 1 saturated carbocycles. The van der Waals surface area contributed by atoms with Crippen LogP contribution in [0.4, 0.5) is 5.69 Å². The van der Waals surface area contributed by atoms with Gasteiger partial charge in [-0.05, 0) is 67.8 Å². The number of ether oxygens (including phenoxy) is 1. The second-order valence-corrected chi connectivity index (χ2v) is 10.6. The fourth-order valence-corrected chi connectivity index (χ4v) is 4.82. The summed E-state index contributed by atoms with van der Waals surface area (Å²) in [4.78, 5) is 16.5. The second-order valence-electron chi connectivity index (χ2n) is 10.6. The van der Waals surface area contributed by atoms with Crippen molar-refractivity contribution in [1.82, 2.24) is 15.3 Å². The number of nitrogens with one attached hydrogen (secondary N) is 1. The zero-order chi connectivity index (χ0) is 24.3. The molecule has 3 aliphatic rings. The van der Waals surface area contributed by atoms with Crippen molar-refractivity contribution in [3.05, 3.63) is 53.6 Å². The van der Waals surface area contributed by atoms with Crippen molar-refractivity contribution in [1.29, 1.82) is 0 Å². The predicted octanol–water partition coefficient (Wildman–Crippen LogP) is 3.47. The van der Waals surface area contributed by atoms with Crippen LogP contribution in [0.15, 0.2) is 46.9 Å². The third-order valence-electron chi connectivity index (χ3n) is 7.18. The minimum absolute atomic E-state index is 0. The highest BCUT2D eigenvalue weighted by Crippen LogP contribution is 2.40. The first kappa shape index (κ1) is 23.9. The molecule has 2 aromatic rings. The van der Waals surface area contributed by atoms with E-state index in [2.05, 4.69) is 52.3 Å². The molecule has 0 unspecified atom stereocenters. The third kappa shape index (κ3) is 5.54. The fraction of sp³-hybridized carbons (Fsp3) is 0.556. The molecular weight excluding hydrogens is 438 g/mol. The molecule has 5 rings (SSSR count). The third-order valence-corrected chi connectivity index (χ3v) is 7.18. The molecule has 0 bridgehead atoms. The van der Waals surface area contributed by atoms with E-state index in [0.717, 1.165) is 36.6 Å². The SMILES string of the molecule is CC(C)CN[C@@H]1CCCN(c2ccc(C3(N=C/C(=N\N)c4cncc(C5CC5)c4)COC3)nc2)C1.[HH]. The summed E-state index contributed by atoms with van der Waals surface area (Å²) in [5, 5.41) is 7.71. The van der Waals surface area contributed by atoms with Gasteiger partial charge in [-0.3, -0.25) is 15.0 Å². The Morgan fingerprint density at radius 1 is 1.29 bits per heavy atom. The number of aliphatic imine (C=N–C) groups is 1. The van der Waals surface area contributed by atoms with Crippen LogP contribution in [0.1, 0.15) is 63.7 Å². The number of nitrogens with zero attached hydrogens (tertiary/aromatic N) is 5. The van der Waals surface area contributed by atoms with Gasteiger partial charge in [0.1, 0.15) is 11.3 Å². The van der Waals surface area contributed by atoms with E-state index in [1.54, 1.807) is 12.4 Å². The monoisotopic (exact) mass is 477 g/mol.